The third-order valence-corrected chi connectivity index (χ3v) is 2.97. The number of unbranched alkanes of at least 4 members (excludes halogenated alkanes) is 4. The van der Waals surface area contributed by atoms with Crippen LogP contribution in [0.4, 0.5) is 0 Å². The molecule has 0 N–H and O–H groups in total. The Hall–Kier alpha value is -0.840. The van der Waals surface area contributed by atoms with E-state index in [9.17, 15) is 9.59 Å². The van der Waals surface area contributed by atoms with Crippen molar-refractivity contribution in [3.8, 4) is 0 Å². The van der Waals surface area contributed by atoms with E-state index in [1.807, 2.05) is 0 Å². The molecule has 0 aliphatic heterocycles. The van der Waals surface area contributed by atoms with Gasteiger partial charge in [-0.2, -0.15) is 0 Å². The van der Waals surface area contributed by atoms with Crippen LogP contribution < -0.4 is 0 Å². The Labute approximate surface area is 123 Å². The van der Waals surface area contributed by atoms with Gasteiger partial charge >= 0.3 is 11.9 Å². The summed E-state index contributed by atoms with van der Waals surface area (Å²) in [5, 5.41) is 0. The van der Waals surface area contributed by atoms with Crippen molar-refractivity contribution in [3.63, 3.8) is 0 Å². The molecule has 4 nitrogen and oxygen atoms in total. The highest BCUT2D eigenvalue weighted by atomic mass is 79.9. The number of ether oxygens (including phenoxy) is 2. The smallest absolute Gasteiger partial charge is 0.345 e. The van der Waals surface area contributed by atoms with Crippen LogP contribution in [-0.4, -0.2) is 25.2 Å². The van der Waals surface area contributed by atoms with Crippen molar-refractivity contribution in [2.75, 3.05) is 13.2 Å². The van der Waals surface area contributed by atoms with E-state index in [0.717, 1.165) is 44.6 Å². The summed E-state index contributed by atoms with van der Waals surface area (Å²) in [6.07, 6.45) is 6.98. The predicted octanol–water partition coefficient (Wildman–Crippen LogP) is 3.73. The second kappa shape index (κ2) is 12.2. The largest absolute Gasteiger partial charge is 0.462 e. The van der Waals surface area contributed by atoms with Crippen molar-refractivity contribution in [3.05, 3.63) is 10.6 Å². The molecule has 0 spiro atoms. The van der Waals surface area contributed by atoms with Gasteiger partial charge in [0.25, 0.3) is 0 Å². The quantitative estimate of drug-likeness (QED) is 0.347. The molecular weight excluding hydrogens is 312 g/mol. The molecule has 5 heteroatoms. The summed E-state index contributed by atoms with van der Waals surface area (Å²) in [5.41, 5.74) is 0. The Morgan fingerprint density at radius 2 is 1.47 bits per heavy atom. The van der Waals surface area contributed by atoms with Gasteiger partial charge in [-0.05, 0) is 28.8 Å². The molecule has 0 saturated heterocycles. The van der Waals surface area contributed by atoms with Gasteiger partial charge in [-0.3, -0.25) is 0 Å². The Balaban J connectivity index is 3.88. The first-order chi connectivity index (χ1) is 9.11. The maximum absolute atomic E-state index is 11.5. The molecule has 0 aromatic rings. The fourth-order valence-electron chi connectivity index (χ4n) is 1.31. The molecule has 19 heavy (non-hydrogen) atoms. The van der Waals surface area contributed by atoms with Crippen LogP contribution in [0, 0.1) is 0 Å². The zero-order chi connectivity index (χ0) is 14.5. The minimum absolute atomic E-state index is 0.101. The lowest BCUT2D eigenvalue weighted by Crippen LogP contribution is -2.09. The van der Waals surface area contributed by atoms with E-state index in [-0.39, 0.29) is 4.48 Å². The highest BCUT2D eigenvalue weighted by Crippen LogP contribution is 2.09. The van der Waals surface area contributed by atoms with E-state index in [0.29, 0.717) is 13.2 Å². The van der Waals surface area contributed by atoms with Gasteiger partial charge in [-0.15, -0.1) is 0 Å². The third kappa shape index (κ3) is 10.7. The molecule has 0 aromatic heterocycles. The second-order valence-corrected chi connectivity index (χ2v) is 5.06. The Morgan fingerprint density at radius 3 is 2.00 bits per heavy atom. The maximum Gasteiger partial charge on any atom is 0.345 e. The lowest BCUT2D eigenvalue weighted by atomic mass is 10.3. The molecule has 110 valence electrons. The van der Waals surface area contributed by atoms with Crippen molar-refractivity contribution in [1.82, 2.24) is 0 Å². The predicted molar refractivity (Wildman–Crippen MR) is 78.0 cm³/mol. The fraction of sp³-hybridized carbons (Fsp3) is 0.714. The molecular formula is C14H23BrO4. The van der Waals surface area contributed by atoms with Crippen molar-refractivity contribution in [2.45, 2.75) is 52.4 Å². The summed E-state index contributed by atoms with van der Waals surface area (Å²) in [4.78, 5) is 22.8. The molecule has 0 saturated carbocycles. The summed E-state index contributed by atoms with van der Waals surface area (Å²) >= 11 is 3.02. The van der Waals surface area contributed by atoms with Crippen LogP contribution in [0.1, 0.15) is 52.4 Å². The number of hydrogen-bond acceptors (Lipinski definition) is 4. The maximum atomic E-state index is 11.5. The highest BCUT2D eigenvalue weighted by Gasteiger charge is 2.10. The molecule has 0 aliphatic rings. The Kier molecular flexibility index (Phi) is 11.7. The van der Waals surface area contributed by atoms with Gasteiger partial charge < -0.3 is 9.47 Å². The van der Waals surface area contributed by atoms with Gasteiger partial charge in [0.2, 0.25) is 0 Å². The normalized spacial score (nSPS) is 11.2. The monoisotopic (exact) mass is 334 g/mol. The second-order valence-electron chi connectivity index (χ2n) is 4.21. The van der Waals surface area contributed by atoms with Crippen LogP contribution >= 0.6 is 15.9 Å². The SMILES string of the molecule is CCCCCOC(=O)/C=C(/Br)C(=O)OCCCCC. The lowest BCUT2D eigenvalue weighted by Gasteiger charge is -2.04. The molecule has 0 rings (SSSR count). The van der Waals surface area contributed by atoms with Crippen LogP contribution in [0.2, 0.25) is 0 Å². The summed E-state index contributed by atoms with van der Waals surface area (Å²) in [7, 11) is 0. The van der Waals surface area contributed by atoms with E-state index < -0.39 is 11.9 Å². The van der Waals surface area contributed by atoms with Crippen LogP contribution in [0.3, 0.4) is 0 Å². The summed E-state index contributed by atoms with van der Waals surface area (Å²) in [6, 6.07) is 0. The van der Waals surface area contributed by atoms with Gasteiger partial charge in [-0.1, -0.05) is 39.5 Å². The number of carbonyl (C=O) groups is 2. The number of hydrogen-bond donors (Lipinski definition) is 0. The van der Waals surface area contributed by atoms with Crippen molar-refractivity contribution in [1.29, 1.82) is 0 Å². The number of halogens is 1. The molecule has 0 radical (unpaired) electrons. The number of rotatable bonds is 10. The van der Waals surface area contributed by atoms with E-state index in [4.69, 9.17) is 9.47 Å². The van der Waals surface area contributed by atoms with E-state index in [2.05, 4.69) is 29.8 Å². The van der Waals surface area contributed by atoms with Gasteiger partial charge in [0, 0.05) is 6.08 Å². The summed E-state index contributed by atoms with van der Waals surface area (Å²) in [5.74, 6) is -1.05. The fourth-order valence-corrected chi connectivity index (χ4v) is 1.62. The summed E-state index contributed by atoms with van der Waals surface area (Å²) in [6.45, 7) is 4.91. The van der Waals surface area contributed by atoms with Gasteiger partial charge in [-0.25, -0.2) is 9.59 Å². The van der Waals surface area contributed by atoms with E-state index in [1.54, 1.807) is 0 Å². The molecule has 0 amide bonds. The molecule has 0 fully saturated rings. The first-order valence-corrected chi connectivity index (χ1v) is 7.62. The van der Waals surface area contributed by atoms with Gasteiger partial charge in [0.1, 0.15) is 4.48 Å². The van der Waals surface area contributed by atoms with Crippen LogP contribution in [-0.2, 0) is 19.1 Å². The first-order valence-electron chi connectivity index (χ1n) is 6.82. The van der Waals surface area contributed by atoms with Crippen molar-refractivity contribution >= 4 is 27.9 Å². The van der Waals surface area contributed by atoms with E-state index in [1.165, 1.54) is 0 Å². The Morgan fingerprint density at radius 1 is 0.947 bits per heavy atom. The van der Waals surface area contributed by atoms with E-state index >= 15 is 0 Å². The minimum atomic E-state index is -0.526. The molecule has 0 heterocycles. The number of carbonyl (C=O) groups excluding carboxylic acids is 2. The zero-order valence-electron chi connectivity index (χ0n) is 11.7. The molecule has 0 atom stereocenters. The third-order valence-electron chi connectivity index (χ3n) is 2.41. The van der Waals surface area contributed by atoms with Crippen LogP contribution in [0.25, 0.3) is 0 Å². The first kappa shape index (κ1) is 18.2. The van der Waals surface area contributed by atoms with Crippen molar-refractivity contribution in [2.24, 2.45) is 0 Å². The standard InChI is InChI=1S/C14H23BrO4/c1-3-5-7-9-18-13(16)11-12(15)14(17)19-10-8-6-4-2/h11H,3-10H2,1-2H3/b12-11+. The molecule has 0 aliphatic carbocycles. The zero-order valence-corrected chi connectivity index (χ0v) is 13.3. The lowest BCUT2D eigenvalue weighted by molar-refractivity contribution is -0.140. The average Bonchev–Trinajstić information content (AvgIpc) is 2.39. The van der Waals surface area contributed by atoms with Gasteiger partial charge in [0.05, 0.1) is 13.2 Å². The highest BCUT2D eigenvalue weighted by molar-refractivity contribution is 9.12. The van der Waals surface area contributed by atoms with Crippen LogP contribution in [0.5, 0.6) is 0 Å². The van der Waals surface area contributed by atoms with Crippen LogP contribution in [0.15, 0.2) is 10.6 Å². The van der Waals surface area contributed by atoms with Crippen molar-refractivity contribution < 1.29 is 19.1 Å². The molecule has 0 aromatic carbocycles. The average molecular weight is 335 g/mol. The number of esters is 2. The Bertz CT molecular complexity index is 300. The summed E-state index contributed by atoms with van der Waals surface area (Å²) < 4.78 is 10.0. The molecule has 0 unspecified atom stereocenters. The van der Waals surface area contributed by atoms with Gasteiger partial charge in [0.15, 0.2) is 0 Å². The minimum Gasteiger partial charge on any atom is -0.462 e. The topological polar surface area (TPSA) is 52.6 Å². The molecule has 0 bridgehead atoms.